The van der Waals surface area contributed by atoms with E-state index < -0.39 is 0 Å². The smallest absolute Gasteiger partial charge is 0.191 e. The van der Waals surface area contributed by atoms with Crippen molar-refractivity contribution in [2.45, 2.75) is 16.8 Å². The van der Waals surface area contributed by atoms with Gasteiger partial charge in [-0.1, -0.05) is 48.2 Å². The monoisotopic (exact) mass is 245 g/mol. The Bertz CT molecular complexity index is 478. The average Bonchev–Trinajstić information content (AvgIpc) is 2.76. The fraction of sp³-hybridized carbons (Fsp3) is 0.231. The van der Waals surface area contributed by atoms with Crippen molar-refractivity contribution in [3.8, 4) is 0 Å². The normalized spacial score (nSPS) is 12.3. The van der Waals surface area contributed by atoms with E-state index in [9.17, 15) is 0 Å². The zero-order valence-electron chi connectivity index (χ0n) is 9.78. The van der Waals surface area contributed by atoms with Crippen LogP contribution in [0.25, 0.3) is 0 Å². The maximum atomic E-state index is 4.10. The number of aromatic nitrogens is 3. The van der Waals surface area contributed by atoms with Crippen LogP contribution in [0.15, 0.2) is 54.5 Å². The Morgan fingerprint density at radius 2 is 2.18 bits per heavy atom. The fourth-order valence-electron chi connectivity index (χ4n) is 1.58. The molecule has 1 unspecified atom stereocenters. The molecule has 0 spiro atoms. The molecule has 1 aromatic carbocycles. The lowest BCUT2D eigenvalue weighted by Gasteiger charge is -2.14. The highest BCUT2D eigenvalue weighted by molar-refractivity contribution is 7.99. The summed E-state index contributed by atoms with van der Waals surface area (Å²) < 4.78 is 1.93. The van der Waals surface area contributed by atoms with Gasteiger partial charge in [0.15, 0.2) is 5.16 Å². The number of rotatable bonds is 5. The highest BCUT2D eigenvalue weighted by Gasteiger charge is 2.14. The SMILES string of the molecule is C=CCC(Sc1nncn1C)c1ccccc1. The summed E-state index contributed by atoms with van der Waals surface area (Å²) in [5.41, 5.74) is 1.29. The van der Waals surface area contributed by atoms with Crippen molar-refractivity contribution in [2.24, 2.45) is 7.05 Å². The zero-order valence-corrected chi connectivity index (χ0v) is 10.6. The predicted octanol–water partition coefficient (Wildman–Crippen LogP) is 3.22. The molecule has 4 heteroatoms. The third kappa shape index (κ3) is 2.97. The van der Waals surface area contributed by atoms with Crippen LogP contribution in [0, 0.1) is 0 Å². The van der Waals surface area contributed by atoms with Gasteiger partial charge in [-0.2, -0.15) is 0 Å². The third-order valence-electron chi connectivity index (χ3n) is 2.47. The molecule has 0 fully saturated rings. The summed E-state index contributed by atoms with van der Waals surface area (Å²) in [6.07, 6.45) is 4.58. The molecule has 2 aromatic rings. The molecule has 0 aliphatic heterocycles. The summed E-state index contributed by atoms with van der Waals surface area (Å²) in [6, 6.07) is 10.4. The molecule has 0 N–H and O–H groups in total. The molecule has 0 aliphatic rings. The first-order valence-corrected chi connectivity index (χ1v) is 6.35. The van der Waals surface area contributed by atoms with Gasteiger partial charge < -0.3 is 4.57 Å². The third-order valence-corrected chi connectivity index (χ3v) is 3.80. The molecular formula is C13H15N3S. The lowest BCUT2D eigenvalue weighted by molar-refractivity contribution is 0.782. The molecule has 0 saturated carbocycles. The van der Waals surface area contributed by atoms with Crippen molar-refractivity contribution in [1.29, 1.82) is 0 Å². The largest absolute Gasteiger partial charge is 0.312 e. The number of allylic oxidation sites excluding steroid dienone is 1. The van der Waals surface area contributed by atoms with Gasteiger partial charge in [0.1, 0.15) is 6.33 Å². The van der Waals surface area contributed by atoms with E-state index in [1.54, 1.807) is 18.1 Å². The Labute approximate surface area is 106 Å². The van der Waals surface area contributed by atoms with Gasteiger partial charge in [-0.15, -0.1) is 16.8 Å². The van der Waals surface area contributed by atoms with Crippen LogP contribution in [0.1, 0.15) is 17.2 Å². The van der Waals surface area contributed by atoms with Gasteiger partial charge in [-0.25, -0.2) is 0 Å². The fourth-order valence-corrected chi connectivity index (χ4v) is 2.67. The van der Waals surface area contributed by atoms with Crippen LogP contribution in [0.3, 0.4) is 0 Å². The van der Waals surface area contributed by atoms with Crippen molar-refractivity contribution in [3.05, 3.63) is 54.9 Å². The van der Waals surface area contributed by atoms with E-state index in [1.165, 1.54) is 5.56 Å². The van der Waals surface area contributed by atoms with Crippen molar-refractivity contribution in [2.75, 3.05) is 0 Å². The minimum absolute atomic E-state index is 0.344. The maximum absolute atomic E-state index is 4.10. The minimum Gasteiger partial charge on any atom is -0.312 e. The topological polar surface area (TPSA) is 30.7 Å². The number of hydrogen-bond donors (Lipinski definition) is 0. The van der Waals surface area contributed by atoms with Crippen LogP contribution in [0.5, 0.6) is 0 Å². The molecule has 0 amide bonds. The molecule has 0 aliphatic carbocycles. The van der Waals surface area contributed by atoms with E-state index in [0.29, 0.717) is 5.25 Å². The Hall–Kier alpha value is -1.55. The maximum Gasteiger partial charge on any atom is 0.191 e. The number of hydrogen-bond acceptors (Lipinski definition) is 3. The molecule has 0 radical (unpaired) electrons. The van der Waals surface area contributed by atoms with Gasteiger partial charge in [0.2, 0.25) is 0 Å². The Kier molecular flexibility index (Phi) is 3.98. The van der Waals surface area contributed by atoms with Gasteiger partial charge in [0.25, 0.3) is 0 Å². The van der Waals surface area contributed by atoms with E-state index >= 15 is 0 Å². The standard InChI is InChI=1S/C13H15N3S/c1-3-7-12(11-8-5-4-6-9-11)17-13-15-14-10-16(13)2/h3-6,8-10,12H,1,7H2,2H3. The molecule has 0 bridgehead atoms. The van der Waals surface area contributed by atoms with Crippen molar-refractivity contribution < 1.29 is 0 Å². The van der Waals surface area contributed by atoms with Gasteiger partial charge in [0.05, 0.1) is 0 Å². The summed E-state index contributed by atoms with van der Waals surface area (Å²) in [6.45, 7) is 3.82. The van der Waals surface area contributed by atoms with Crippen LogP contribution in [0.2, 0.25) is 0 Å². The number of nitrogens with zero attached hydrogens (tertiary/aromatic N) is 3. The first-order chi connectivity index (χ1) is 8.31. The molecule has 1 aromatic heterocycles. The highest BCUT2D eigenvalue weighted by Crippen LogP contribution is 2.36. The van der Waals surface area contributed by atoms with Crippen molar-refractivity contribution >= 4 is 11.8 Å². The van der Waals surface area contributed by atoms with Crippen LogP contribution in [-0.2, 0) is 7.05 Å². The number of thioether (sulfide) groups is 1. The molecule has 3 nitrogen and oxygen atoms in total. The molecule has 88 valence electrons. The molecule has 17 heavy (non-hydrogen) atoms. The summed E-state index contributed by atoms with van der Waals surface area (Å²) in [7, 11) is 1.96. The molecule has 0 saturated heterocycles. The second-order valence-electron chi connectivity index (χ2n) is 3.77. The van der Waals surface area contributed by atoms with E-state index in [-0.39, 0.29) is 0 Å². The lowest BCUT2D eigenvalue weighted by Crippen LogP contribution is -1.96. The van der Waals surface area contributed by atoms with E-state index in [1.807, 2.05) is 23.8 Å². The van der Waals surface area contributed by atoms with Gasteiger partial charge in [0, 0.05) is 12.3 Å². The highest BCUT2D eigenvalue weighted by atomic mass is 32.2. The molecule has 1 heterocycles. The van der Waals surface area contributed by atoms with Crippen LogP contribution in [0.4, 0.5) is 0 Å². The summed E-state index contributed by atoms with van der Waals surface area (Å²) in [4.78, 5) is 0. The van der Waals surface area contributed by atoms with Gasteiger partial charge in [-0.3, -0.25) is 0 Å². The minimum atomic E-state index is 0.344. The number of aryl methyl sites for hydroxylation is 1. The predicted molar refractivity (Wildman–Crippen MR) is 70.9 cm³/mol. The van der Waals surface area contributed by atoms with Crippen LogP contribution in [-0.4, -0.2) is 14.8 Å². The summed E-state index contributed by atoms with van der Waals surface area (Å²) >= 11 is 1.72. The van der Waals surface area contributed by atoms with Crippen LogP contribution >= 0.6 is 11.8 Å². The van der Waals surface area contributed by atoms with Crippen molar-refractivity contribution in [3.63, 3.8) is 0 Å². The number of benzene rings is 1. The van der Waals surface area contributed by atoms with E-state index in [0.717, 1.165) is 11.6 Å². The lowest BCUT2D eigenvalue weighted by atomic mass is 10.1. The Morgan fingerprint density at radius 1 is 1.41 bits per heavy atom. The zero-order chi connectivity index (χ0) is 12.1. The molecular weight excluding hydrogens is 230 g/mol. The Morgan fingerprint density at radius 3 is 2.76 bits per heavy atom. The average molecular weight is 245 g/mol. The first-order valence-electron chi connectivity index (χ1n) is 5.47. The van der Waals surface area contributed by atoms with Gasteiger partial charge >= 0.3 is 0 Å². The van der Waals surface area contributed by atoms with Gasteiger partial charge in [-0.05, 0) is 12.0 Å². The van der Waals surface area contributed by atoms with E-state index in [2.05, 4.69) is 41.0 Å². The Balaban J connectivity index is 2.19. The first kappa shape index (κ1) is 11.9. The molecule has 1 atom stereocenters. The van der Waals surface area contributed by atoms with Crippen molar-refractivity contribution in [1.82, 2.24) is 14.8 Å². The second-order valence-corrected chi connectivity index (χ2v) is 4.94. The second kappa shape index (κ2) is 5.68. The quantitative estimate of drug-likeness (QED) is 0.598. The van der Waals surface area contributed by atoms with Crippen LogP contribution < -0.4 is 0 Å². The van der Waals surface area contributed by atoms with E-state index in [4.69, 9.17) is 0 Å². The molecule has 2 rings (SSSR count). The summed E-state index contributed by atoms with van der Waals surface area (Å²) in [5, 5.41) is 9.28. The summed E-state index contributed by atoms with van der Waals surface area (Å²) in [5.74, 6) is 0.